The van der Waals surface area contributed by atoms with Gasteiger partial charge in [0.1, 0.15) is 0 Å². The zero-order valence-corrected chi connectivity index (χ0v) is 14.4. The van der Waals surface area contributed by atoms with E-state index < -0.39 is 5.41 Å². The van der Waals surface area contributed by atoms with E-state index in [9.17, 15) is 9.59 Å². The van der Waals surface area contributed by atoms with Crippen molar-refractivity contribution < 1.29 is 14.3 Å². The third-order valence-corrected chi connectivity index (χ3v) is 3.94. The number of rotatable bonds is 4. The maximum absolute atomic E-state index is 12.6. The van der Waals surface area contributed by atoms with Gasteiger partial charge in [0.25, 0.3) is 0 Å². The molecule has 1 saturated heterocycles. The maximum atomic E-state index is 12.6. The van der Waals surface area contributed by atoms with E-state index in [1.807, 2.05) is 46.6 Å². The van der Waals surface area contributed by atoms with E-state index in [0.717, 1.165) is 0 Å². The Kier molecular flexibility index (Phi) is 5.79. The van der Waals surface area contributed by atoms with Crippen molar-refractivity contribution in [3.05, 3.63) is 0 Å². The molecule has 0 aromatic rings. The third-order valence-electron chi connectivity index (χ3n) is 3.94. The summed E-state index contributed by atoms with van der Waals surface area (Å²) in [6, 6.07) is 0. The van der Waals surface area contributed by atoms with Crippen LogP contribution in [0.2, 0.25) is 0 Å². The van der Waals surface area contributed by atoms with Crippen molar-refractivity contribution in [3.63, 3.8) is 0 Å². The Morgan fingerprint density at radius 2 is 1.62 bits per heavy atom. The van der Waals surface area contributed by atoms with Crippen LogP contribution >= 0.6 is 0 Å². The lowest BCUT2D eigenvalue weighted by Gasteiger charge is -2.35. The highest BCUT2D eigenvalue weighted by Gasteiger charge is 2.34. The second-order valence-corrected chi connectivity index (χ2v) is 7.52. The van der Waals surface area contributed by atoms with E-state index in [0.29, 0.717) is 39.3 Å². The maximum Gasteiger partial charge on any atom is 0.228 e. The topological polar surface area (TPSA) is 49.9 Å². The highest BCUT2D eigenvalue weighted by molar-refractivity contribution is 5.83. The summed E-state index contributed by atoms with van der Waals surface area (Å²) in [7, 11) is 1.81. The number of amides is 2. The Balaban J connectivity index is 2.55. The van der Waals surface area contributed by atoms with Crippen LogP contribution in [0.25, 0.3) is 0 Å². The van der Waals surface area contributed by atoms with Crippen molar-refractivity contribution in [2.45, 2.75) is 41.0 Å². The molecule has 0 radical (unpaired) electrons. The number of ether oxygens (including phenoxy) is 1. The summed E-state index contributed by atoms with van der Waals surface area (Å²) >= 11 is 0. The van der Waals surface area contributed by atoms with Crippen LogP contribution in [0.3, 0.4) is 0 Å². The molecule has 0 atom stereocenters. The lowest BCUT2D eigenvalue weighted by atomic mass is 9.86. The van der Waals surface area contributed by atoms with E-state index in [1.165, 1.54) is 0 Å². The standard InChI is InChI=1S/C16H30N2O3/c1-15(2,3)13(19)17(6)8-7-16(4,5)14(20)18-9-11-21-12-10-18/h7-12H2,1-6H3. The van der Waals surface area contributed by atoms with E-state index in [-0.39, 0.29) is 17.2 Å². The minimum atomic E-state index is -0.455. The Bertz CT molecular complexity index is 379. The van der Waals surface area contributed by atoms with Gasteiger partial charge in [-0.1, -0.05) is 34.6 Å². The van der Waals surface area contributed by atoms with Crippen LogP contribution in [-0.4, -0.2) is 61.5 Å². The molecule has 0 saturated carbocycles. The van der Waals surface area contributed by atoms with Crippen LogP contribution in [0.1, 0.15) is 41.0 Å². The van der Waals surface area contributed by atoms with E-state index >= 15 is 0 Å². The van der Waals surface area contributed by atoms with Crippen molar-refractivity contribution >= 4 is 11.8 Å². The molecule has 0 aliphatic carbocycles. The molecule has 5 heteroatoms. The Morgan fingerprint density at radius 1 is 1.10 bits per heavy atom. The first-order valence-corrected chi connectivity index (χ1v) is 7.68. The van der Waals surface area contributed by atoms with Crippen LogP contribution in [0.15, 0.2) is 0 Å². The highest BCUT2D eigenvalue weighted by Crippen LogP contribution is 2.25. The van der Waals surface area contributed by atoms with Crippen LogP contribution in [0.5, 0.6) is 0 Å². The predicted molar refractivity (Wildman–Crippen MR) is 82.9 cm³/mol. The minimum absolute atomic E-state index is 0.108. The number of carbonyl (C=O) groups excluding carboxylic acids is 2. The zero-order chi connectivity index (χ0) is 16.3. The number of nitrogens with zero attached hydrogens (tertiary/aromatic N) is 2. The number of hydrogen-bond acceptors (Lipinski definition) is 3. The average Bonchev–Trinajstić information content (AvgIpc) is 2.43. The second-order valence-electron chi connectivity index (χ2n) is 7.52. The normalized spacial score (nSPS) is 16.8. The molecule has 2 amide bonds. The minimum Gasteiger partial charge on any atom is -0.378 e. The molecular weight excluding hydrogens is 268 g/mol. The molecule has 0 aromatic heterocycles. The summed E-state index contributed by atoms with van der Waals surface area (Å²) in [4.78, 5) is 28.3. The molecule has 0 bridgehead atoms. The molecule has 1 aliphatic heterocycles. The number of carbonyl (C=O) groups is 2. The molecule has 122 valence electrons. The molecule has 5 nitrogen and oxygen atoms in total. The van der Waals surface area contributed by atoms with Gasteiger partial charge in [-0.05, 0) is 6.42 Å². The van der Waals surface area contributed by atoms with Crippen LogP contribution in [-0.2, 0) is 14.3 Å². The van der Waals surface area contributed by atoms with Gasteiger partial charge < -0.3 is 14.5 Å². The number of hydrogen-bond donors (Lipinski definition) is 0. The van der Waals surface area contributed by atoms with E-state index in [1.54, 1.807) is 4.90 Å². The summed E-state index contributed by atoms with van der Waals surface area (Å²) in [5.41, 5.74) is -0.836. The first-order chi connectivity index (χ1) is 9.55. The molecule has 1 aliphatic rings. The fourth-order valence-electron chi connectivity index (χ4n) is 2.42. The van der Waals surface area contributed by atoms with Crippen molar-refractivity contribution in [2.24, 2.45) is 10.8 Å². The number of morpholine rings is 1. The van der Waals surface area contributed by atoms with Crippen LogP contribution < -0.4 is 0 Å². The fourth-order valence-corrected chi connectivity index (χ4v) is 2.42. The molecule has 0 unspecified atom stereocenters. The second kappa shape index (κ2) is 6.77. The van der Waals surface area contributed by atoms with Crippen LogP contribution in [0.4, 0.5) is 0 Å². The quantitative estimate of drug-likeness (QED) is 0.795. The Labute approximate surface area is 128 Å². The smallest absolute Gasteiger partial charge is 0.228 e. The largest absolute Gasteiger partial charge is 0.378 e. The van der Waals surface area contributed by atoms with Crippen molar-refractivity contribution in [1.82, 2.24) is 9.80 Å². The lowest BCUT2D eigenvalue weighted by Crippen LogP contribution is -2.48. The van der Waals surface area contributed by atoms with E-state index in [4.69, 9.17) is 4.74 Å². The first-order valence-electron chi connectivity index (χ1n) is 7.68. The predicted octanol–water partition coefficient (Wildman–Crippen LogP) is 1.77. The SMILES string of the molecule is CN(CCC(C)(C)C(=O)N1CCOCC1)C(=O)C(C)(C)C. The molecule has 1 heterocycles. The summed E-state index contributed by atoms with van der Waals surface area (Å²) < 4.78 is 5.28. The van der Waals surface area contributed by atoms with Gasteiger partial charge in [-0.25, -0.2) is 0 Å². The average molecular weight is 298 g/mol. The van der Waals surface area contributed by atoms with Crippen molar-refractivity contribution in [2.75, 3.05) is 39.9 Å². The molecule has 0 aromatic carbocycles. The van der Waals surface area contributed by atoms with Crippen LogP contribution in [0, 0.1) is 10.8 Å². The molecule has 0 N–H and O–H groups in total. The van der Waals surface area contributed by atoms with Gasteiger partial charge in [-0.3, -0.25) is 9.59 Å². The Morgan fingerprint density at radius 3 is 2.10 bits per heavy atom. The lowest BCUT2D eigenvalue weighted by molar-refractivity contribution is -0.146. The summed E-state index contributed by atoms with van der Waals surface area (Å²) in [5.74, 6) is 0.263. The zero-order valence-electron chi connectivity index (χ0n) is 14.4. The summed E-state index contributed by atoms with van der Waals surface area (Å²) in [6.07, 6.45) is 0.668. The molecule has 21 heavy (non-hydrogen) atoms. The molecule has 1 rings (SSSR count). The van der Waals surface area contributed by atoms with Gasteiger partial charge in [-0.2, -0.15) is 0 Å². The highest BCUT2D eigenvalue weighted by atomic mass is 16.5. The van der Waals surface area contributed by atoms with E-state index in [2.05, 4.69) is 0 Å². The van der Waals surface area contributed by atoms with Crippen molar-refractivity contribution in [3.8, 4) is 0 Å². The third kappa shape index (κ3) is 4.99. The van der Waals surface area contributed by atoms with Gasteiger partial charge in [0.05, 0.1) is 13.2 Å². The van der Waals surface area contributed by atoms with Crippen molar-refractivity contribution in [1.29, 1.82) is 0 Å². The Hall–Kier alpha value is -1.10. The van der Waals surface area contributed by atoms with Gasteiger partial charge in [0.15, 0.2) is 0 Å². The molecule has 0 spiro atoms. The summed E-state index contributed by atoms with van der Waals surface area (Å²) in [6.45, 7) is 12.8. The van der Waals surface area contributed by atoms with Gasteiger partial charge in [0.2, 0.25) is 11.8 Å². The van der Waals surface area contributed by atoms with Gasteiger partial charge >= 0.3 is 0 Å². The monoisotopic (exact) mass is 298 g/mol. The molecular formula is C16H30N2O3. The first kappa shape index (κ1) is 18.0. The van der Waals surface area contributed by atoms with Gasteiger partial charge in [-0.15, -0.1) is 0 Å². The van der Waals surface area contributed by atoms with Gasteiger partial charge in [0, 0.05) is 37.5 Å². The molecule has 1 fully saturated rings. The fraction of sp³-hybridized carbons (Fsp3) is 0.875. The summed E-state index contributed by atoms with van der Waals surface area (Å²) in [5, 5.41) is 0.